The minimum absolute atomic E-state index is 0.0275. The van der Waals surface area contributed by atoms with E-state index < -0.39 is 6.04 Å². The van der Waals surface area contributed by atoms with Crippen LogP contribution in [0.1, 0.15) is 124 Å². The maximum Gasteiger partial charge on any atom is 0.329 e. The van der Waals surface area contributed by atoms with E-state index in [1.807, 2.05) is 0 Å². The van der Waals surface area contributed by atoms with Crippen molar-refractivity contribution in [3.8, 4) is 0 Å². The predicted octanol–water partition coefficient (Wildman–Crippen LogP) is 7.70. The van der Waals surface area contributed by atoms with Gasteiger partial charge in [0.25, 0.3) is 0 Å². The van der Waals surface area contributed by atoms with Crippen LogP contribution in [0.25, 0.3) is 0 Å². The molecule has 0 saturated carbocycles. The summed E-state index contributed by atoms with van der Waals surface area (Å²) in [6.07, 6.45) is 19.7. The molecule has 0 fully saturated rings. The number of amides is 1. The van der Waals surface area contributed by atoms with E-state index in [0.717, 1.165) is 18.6 Å². The summed E-state index contributed by atoms with van der Waals surface area (Å²) in [5.41, 5.74) is 0. The lowest BCUT2D eigenvalue weighted by atomic mass is 10.0. The molecule has 0 spiro atoms. The Kier molecular flexibility index (Phi) is 24.0. The molecule has 0 bridgehead atoms. The quantitative estimate of drug-likeness (QED) is 0.0932. The normalized spacial score (nSPS) is 12.0. The fourth-order valence-corrected chi connectivity index (χ4v) is 5.74. The Balaban J connectivity index is 3.74. The van der Waals surface area contributed by atoms with Crippen LogP contribution in [0, 0.1) is 0 Å². The fourth-order valence-electron chi connectivity index (χ4n) is 3.36. The number of rotatable bonds is 23. The van der Waals surface area contributed by atoms with Gasteiger partial charge < -0.3 is 10.1 Å². The lowest BCUT2D eigenvalue weighted by Crippen LogP contribution is -2.43. The molecule has 1 N–H and O–H groups in total. The van der Waals surface area contributed by atoms with Crippen molar-refractivity contribution in [1.82, 2.24) is 5.32 Å². The minimum Gasteiger partial charge on any atom is -0.464 e. The Morgan fingerprint density at radius 1 is 0.710 bits per heavy atom. The van der Waals surface area contributed by atoms with E-state index in [1.54, 1.807) is 28.5 Å². The Hall–Kier alpha value is -0.360. The van der Waals surface area contributed by atoms with E-state index >= 15 is 0 Å². The van der Waals surface area contributed by atoms with Gasteiger partial charge in [0.1, 0.15) is 6.04 Å². The third kappa shape index (κ3) is 21.3. The summed E-state index contributed by atoms with van der Waals surface area (Å²) in [4.78, 5) is 24.4. The van der Waals surface area contributed by atoms with Crippen LogP contribution < -0.4 is 5.32 Å². The highest BCUT2D eigenvalue weighted by Crippen LogP contribution is 2.23. The SMILES string of the molecule is CCCCCCCCCCCCCCCC(=O)NC(CSSCCCC)C(=O)OCC. The van der Waals surface area contributed by atoms with Gasteiger partial charge in [-0.2, -0.15) is 0 Å². The van der Waals surface area contributed by atoms with Crippen LogP contribution in [0.5, 0.6) is 0 Å². The molecule has 0 aliphatic rings. The highest BCUT2D eigenvalue weighted by molar-refractivity contribution is 8.76. The van der Waals surface area contributed by atoms with Crippen molar-refractivity contribution in [3.63, 3.8) is 0 Å². The number of ether oxygens (including phenoxy) is 1. The van der Waals surface area contributed by atoms with Crippen LogP contribution in [-0.4, -0.2) is 36.0 Å². The first-order valence-corrected chi connectivity index (χ1v) is 15.3. The molecule has 1 unspecified atom stereocenters. The zero-order chi connectivity index (χ0) is 23.0. The third-order valence-corrected chi connectivity index (χ3v) is 7.81. The Morgan fingerprint density at radius 3 is 1.74 bits per heavy atom. The van der Waals surface area contributed by atoms with Crippen molar-refractivity contribution < 1.29 is 14.3 Å². The molecule has 1 amide bonds. The van der Waals surface area contributed by atoms with Gasteiger partial charge in [0, 0.05) is 17.9 Å². The maximum atomic E-state index is 12.3. The first kappa shape index (κ1) is 30.6. The van der Waals surface area contributed by atoms with E-state index in [4.69, 9.17) is 4.74 Å². The molecule has 0 heterocycles. The third-order valence-electron chi connectivity index (χ3n) is 5.31. The zero-order valence-electron chi connectivity index (χ0n) is 20.6. The lowest BCUT2D eigenvalue weighted by Gasteiger charge is -2.16. The van der Waals surface area contributed by atoms with Gasteiger partial charge in [0.2, 0.25) is 5.91 Å². The van der Waals surface area contributed by atoms with Crippen LogP contribution >= 0.6 is 21.6 Å². The number of esters is 1. The number of hydrogen-bond donors (Lipinski definition) is 1. The monoisotopic (exact) mass is 475 g/mol. The Morgan fingerprint density at radius 2 is 1.23 bits per heavy atom. The lowest BCUT2D eigenvalue weighted by molar-refractivity contribution is -0.146. The molecular weight excluding hydrogens is 426 g/mol. The fraction of sp³-hybridized carbons (Fsp3) is 0.920. The van der Waals surface area contributed by atoms with E-state index in [9.17, 15) is 9.59 Å². The molecule has 0 radical (unpaired) electrons. The second kappa shape index (κ2) is 24.3. The summed E-state index contributed by atoms with van der Waals surface area (Å²) in [6, 6.07) is -0.534. The van der Waals surface area contributed by atoms with Crippen molar-refractivity contribution in [2.24, 2.45) is 0 Å². The van der Waals surface area contributed by atoms with Gasteiger partial charge >= 0.3 is 5.97 Å². The number of carbonyl (C=O) groups excluding carboxylic acids is 2. The van der Waals surface area contributed by atoms with Crippen molar-refractivity contribution in [1.29, 1.82) is 0 Å². The first-order valence-electron chi connectivity index (χ1n) is 12.9. The van der Waals surface area contributed by atoms with Gasteiger partial charge in [-0.15, -0.1) is 0 Å². The Bertz CT molecular complexity index is 422. The van der Waals surface area contributed by atoms with Crippen molar-refractivity contribution in [2.45, 2.75) is 130 Å². The molecule has 0 aromatic rings. The number of hydrogen-bond acceptors (Lipinski definition) is 5. The highest BCUT2D eigenvalue weighted by atomic mass is 33.1. The molecule has 184 valence electrons. The van der Waals surface area contributed by atoms with E-state index in [2.05, 4.69) is 19.2 Å². The topological polar surface area (TPSA) is 55.4 Å². The molecule has 0 aromatic heterocycles. The van der Waals surface area contributed by atoms with E-state index in [-0.39, 0.29) is 11.9 Å². The standard InChI is InChI=1S/C25H49NO3S2/c1-4-7-9-10-11-12-13-14-15-16-17-18-19-20-24(27)26-23(25(28)29-6-3)22-31-30-21-8-5-2/h23H,4-22H2,1-3H3,(H,26,27). The van der Waals surface area contributed by atoms with E-state index in [0.29, 0.717) is 18.8 Å². The van der Waals surface area contributed by atoms with Gasteiger partial charge in [-0.3, -0.25) is 4.79 Å². The van der Waals surface area contributed by atoms with Crippen LogP contribution in [0.4, 0.5) is 0 Å². The second-order valence-electron chi connectivity index (χ2n) is 8.32. The zero-order valence-corrected chi connectivity index (χ0v) is 22.2. The van der Waals surface area contributed by atoms with Crippen LogP contribution in [0.15, 0.2) is 0 Å². The van der Waals surface area contributed by atoms with Crippen molar-refractivity contribution >= 4 is 33.5 Å². The van der Waals surface area contributed by atoms with Crippen molar-refractivity contribution in [3.05, 3.63) is 0 Å². The Labute approximate surface area is 200 Å². The van der Waals surface area contributed by atoms with Gasteiger partial charge in [-0.1, -0.05) is 119 Å². The van der Waals surface area contributed by atoms with Crippen LogP contribution in [0.2, 0.25) is 0 Å². The molecule has 0 aliphatic carbocycles. The van der Waals surface area contributed by atoms with E-state index in [1.165, 1.54) is 83.5 Å². The molecule has 31 heavy (non-hydrogen) atoms. The summed E-state index contributed by atoms with van der Waals surface area (Å²) < 4.78 is 5.13. The minimum atomic E-state index is -0.534. The second-order valence-corrected chi connectivity index (χ2v) is 11.0. The van der Waals surface area contributed by atoms with Crippen LogP contribution in [0.3, 0.4) is 0 Å². The number of carbonyl (C=O) groups is 2. The highest BCUT2D eigenvalue weighted by Gasteiger charge is 2.22. The molecule has 0 aromatic carbocycles. The van der Waals surface area contributed by atoms with Crippen LogP contribution in [-0.2, 0) is 14.3 Å². The molecule has 1 atom stereocenters. The summed E-state index contributed by atoms with van der Waals surface area (Å²) in [5, 5.41) is 2.89. The molecule has 0 saturated heterocycles. The van der Waals surface area contributed by atoms with Gasteiger partial charge in [0.05, 0.1) is 6.61 Å². The van der Waals surface area contributed by atoms with Gasteiger partial charge in [-0.25, -0.2) is 4.79 Å². The summed E-state index contributed by atoms with van der Waals surface area (Å²) in [5.74, 6) is 1.30. The number of unbranched alkanes of at least 4 members (excludes halogenated alkanes) is 13. The first-order chi connectivity index (χ1) is 15.2. The molecule has 4 nitrogen and oxygen atoms in total. The van der Waals surface area contributed by atoms with Gasteiger partial charge in [0.15, 0.2) is 0 Å². The molecular formula is C25H49NO3S2. The van der Waals surface area contributed by atoms with Crippen molar-refractivity contribution in [2.75, 3.05) is 18.1 Å². The molecule has 0 aliphatic heterocycles. The predicted molar refractivity (Wildman–Crippen MR) is 139 cm³/mol. The summed E-state index contributed by atoms with van der Waals surface area (Å²) in [7, 11) is 3.41. The molecule has 6 heteroatoms. The largest absolute Gasteiger partial charge is 0.464 e. The summed E-state index contributed by atoms with van der Waals surface area (Å²) >= 11 is 0. The smallest absolute Gasteiger partial charge is 0.329 e. The summed E-state index contributed by atoms with van der Waals surface area (Å²) in [6.45, 7) is 6.58. The van der Waals surface area contributed by atoms with Gasteiger partial charge in [-0.05, 0) is 19.8 Å². The number of nitrogens with one attached hydrogen (secondary N) is 1. The maximum absolute atomic E-state index is 12.3. The average molecular weight is 476 g/mol. The average Bonchev–Trinajstić information content (AvgIpc) is 2.76. The molecule has 0 rings (SSSR count).